The largest absolute Gasteiger partial charge is 0.484 e. The van der Waals surface area contributed by atoms with Gasteiger partial charge in [-0.1, -0.05) is 30.7 Å². The summed E-state index contributed by atoms with van der Waals surface area (Å²) in [4.78, 5) is 24.2. The Hall–Kier alpha value is -2.53. The van der Waals surface area contributed by atoms with E-state index in [0.717, 1.165) is 6.42 Å². The molecule has 0 unspecified atom stereocenters. The Morgan fingerprint density at radius 3 is 2.50 bits per heavy atom. The summed E-state index contributed by atoms with van der Waals surface area (Å²) >= 11 is 5.79. The van der Waals surface area contributed by atoms with E-state index >= 15 is 0 Å². The van der Waals surface area contributed by atoms with Crippen molar-refractivity contribution in [3.63, 3.8) is 0 Å². The Morgan fingerprint density at radius 2 is 1.79 bits per heavy atom. The second-order valence-corrected chi connectivity index (χ2v) is 5.53. The van der Waals surface area contributed by atoms with Gasteiger partial charge in [0.25, 0.3) is 11.8 Å². The molecular formula is C18H19ClN2O3. The summed E-state index contributed by atoms with van der Waals surface area (Å²) in [6.07, 6.45) is 0.842. The molecule has 0 atom stereocenters. The highest BCUT2D eigenvalue weighted by molar-refractivity contribution is 6.30. The van der Waals surface area contributed by atoms with Crippen molar-refractivity contribution < 1.29 is 14.3 Å². The highest BCUT2D eigenvalue weighted by atomic mass is 35.5. The van der Waals surface area contributed by atoms with E-state index in [1.165, 1.54) is 0 Å². The molecule has 0 heterocycles. The van der Waals surface area contributed by atoms with Gasteiger partial charge < -0.3 is 15.4 Å². The summed E-state index contributed by atoms with van der Waals surface area (Å²) < 4.78 is 5.39. The summed E-state index contributed by atoms with van der Waals surface area (Å²) in [7, 11) is 0. The van der Waals surface area contributed by atoms with Crippen molar-refractivity contribution in [2.24, 2.45) is 0 Å². The quantitative estimate of drug-likeness (QED) is 0.806. The van der Waals surface area contributed by atoms with Crippen LogP contribution in [0.1, 0.15) is 23.7 Å². The minimum absolute atomic E-state index is 0.160. The zero-order chi connectivity index (χ0) is 17.4. The van der Waals surface area contributed by atoms with Gasteiger partial charge in [0.2, 0.25) is 0 Å². The molecule has 0 aromatic heterocycles. The fourth-order valence-corrected chi connectivity index (χ4v) is 2.12. The predicted octanol–water partition coefficient (Wildman–Crippen LogP) is 3.50. The third-order valence-corrected chi connectivity index (χ3v) is 3.42. The Bertz CT molecular complexity index is 702. The molecule has 0 saturated heterocycles. The second kappa shape index (κ2) is 8.93. The summed E-state index contributed by atoms with van der Waals surface area (Å²) in [5.41, 5.74) is 0.876. The number of carbonyl (C=O) groups is 2. The normalized spacial score (nSPS) is 10.1. The van der Waals surface area contributed by atoms with Crippen molar-refractivity contribution in [3.8, 4) is 5.75 Å². The van der Waals surface area contributed by atoms with E-state index in [9.17, 15) is 9.59 Å². The van der Waals surface area contributed by atoms with Crippen molar-refractivity contribution in [2.45, 2.75) is 13.3 Å². The van der Waals surface area contributed by atoms with Gasteiger partial charge in [0.1, 0.15) is 5.75 Å². The first kappa shape index (κ1) is 17.8. The average Bonchev–Trinajstić information content (AvgIpc) is 2.59. The van der Waals surface area contributed by atoms with E-state index < -0.39 is 0 Å². The van der Waals surface area contributed by atoms with Gasteiger partial charge in [-0.15, -0.1) is 0 Å². The molecule has 2 N–H and O–H groups in total. The maximum atomic E-state index is 12.1. The topological polar surface area (TPSA) is 67.4 Å². The zero-order valence-corrected chi connectivity index (χ0v) is 14.1. The van der Waals surface area contributed by atoms with Gasteiger partial charge in [0.15, 0.2) is 6.61 Å². The lowest BCUT2D eigenvalue weighted by Gasteiger charge is -2.11. The van der Waals surface area contributed by atoms with Crippen molar-refractivity contribution in [1.29, 1.82) is 0 Å². The summed E-state index contributed by atoms with van der Waals surface area (Å²) in [5.74, 6) is -0.0180. The maximum absolute atomic E-state index is 12.1. The number of anilines is 1. The van der Waals surface area contributed by atoms with Gasteiger partial charge >= 0.3 is 0 Å². The Labute approximate surface area is 146 Å². The zero-order valence-electron chi connectivity index (χ0n) is 13.3. The highest BCUT2D eigenvalue weighted by Gasteiger charge is 2.12. The molecule has 2 rings (SSSR count). The molecule has 0 aliphatic heterocycles. The smallest absolute Gasteiger partial charge is 0.262 e. The highest BCUT2D eigenvalue weighted by Crippen LogP contribution is 2.17. The van der Waals surface area contributed by atoms with Crippen LogP contribution >= 0.6 is 11.6 Å². The number of nitrogens with one attached hydrogen (secondary N) is 2. The van der Waals surface area contributed by atoms with Crippen LogP contribution in [0.3, 0.4) is 0 Å². The Balaban J connectivity index is 1.96. The average molecular weight is 347 g/mol. The molecule has 0 fully saturated rings. The van der Waals surface area contributed by atoms with Crippen LogP contribution < -0.4 is 15.4 Å². The van der Waals surface area contributed by atoms with Crippen LogP contribution in [0.5, 0.6) is 5.75 Å². The number of carbonyl (C=O) groups excluding carboxylic acids is 2. The first-order valence-electron chi connectivity index (χ1n) is 7.65. The van der Waals surface area contributed by atoms with E-state index in [0.29, 0.717) is 28.6 Å². The fourth-order valence-electron chi connectivity index (χ4n) is 1.99. The first-order chi connectivity index (χ1) is 11.6. The molecule has 2 amide bonds. The van der Waals surface area contributed by atoms with Crippen LogP contribution in [0.4, 0.5) is 5.69 Å². The maximum Gasteiger partial charge on any atom is 0.262 e. The molecule has 0 bridgehead atoms. The number of hydrogen-bond donors (Lipinski definition) is 2. The van der Waals surface area contributed by atoms with E-state index in [1.54, 1.807) is 48.5 Å². The number of ether oxygens (including phenoxy) is 1. The second-order valence-electron chi connectivity index (χ2n) is 5.09. The number of para-hydroxylation sites is 1. The molecule has 0 spiro atoms. The van der Waals surface area contributed by atoms with E-state index in [1.807, 2.05) is 6.92 Å². The molecule has 6 heteroatoms. The van der Waals surface area contributed by atoms with Crippen LogP contribution in [0.25, 0.3) is 0 Å². The number of rotatable bonds is 7. The lowest BCUT2D eigenvalue weighted by molar-refractivity contribution is -0.118. The number of benzene rings is 2. The lowest BCUT2D eigenvalue weighted by Crippen LogP contribution is -2.27. The summed E-state index contributed by atoms with van der Waals surface area (Å²) in [6.45, 7) is 2.40. The Kier molecular flexibility index (Phi) is 6.63. The van der Waals surface area contributed by atoms with Gasteiger partial charge in [-0.3, -0.25) is 9.59 Å². The monoisotopic (exact) mass is 346 g/mol. The van der Waals surface area contributed by atoms with Crippen molar-refractivity contribution in [2.75, 3.05) is 18.5 Å². The molecule has 0 saturated carbocycles. The van der Waals surface area contributed by atoms with Crippen molar-refractivity contribution in [1.82, 2.24) is 5.32 Å². The molecule has 2 aromatic carbocycles. The third kappa shape index (κ3) is 5.28. The SMILES string of the molecule is CCCNC(=O)c1ccccc1NC(=O)COc1ccc(Cl)cc1. The van der Waals surface area contributed by atoms with Gasteiger partial charge in [0, 0.05) is 11.6 Å². The Morgan fingerprint density at radius 1 is 1.08 bits per heavy atom. The van der Waals surface area contributed by atoms with Gasteiger partial charge in [-0.05, 0) is 42.8 Å². The van der Waals surface area contributed by atoms with Crippen LogP contribution in [-0.4, -0.2) is 25.0 Å². The number of halogens is 1. The van der Waals surface area contributed by atoms with Crippen LogP contribution in [0.15, 0.2) is 48.5 Å². The van der Waals surface area contributed by atoms with Crippen LogP contribution in [0, 0.1) is 0 Å². The van der Waals surface area contributed by atoms with Gasteiger partial charge in [-0.2, -0.15) is 0 Å². The minimum Gasteiger partial charge on any atom is -0.484 e. The van der Waals surface area contributed by atoms with E-state index in [-0.39, 0.29) is 18.4 Å². The molecule has 0 radical (unpaired) electrons. The van der Waals surface area contributed by atoms with Crippen LogP contribution in [-0.2, 0) is 4.79 Å². The summed E-state index contributed by atoms with van der Waals surface area (Å²) in [5, 5.41) is 6.09. The lowest BCUT2D eigenvalue weighted by atomic mass is 10.1. The van der Waals surface area contributed by atoms with Crippen molar-refractivity contribution in [3.05, 3.63) is 59.1 Å². The standard InChI is InChI=1S/C18H19ClN2O3/c1-2-11-20-18(23)15-5-3-4-6-16(15)21-17(22)12-24-14-9-7-13(19)8-10-14/h3-10H,2,11-12H2,1H3,(H,20,23)(H,21,22). The van der Waals surface area contributed by atoms with E-state index in [2.05, 4.69) is 10.6 Å². The van der Waals surface area contributed by atoms with E-state index in [4.69, 9.17) is 16.3 Å². The predicted molar refractivity (Wildman–Crippen MR) is 94.6 cm³/mol. The van der Waals surface area contributed by atoms with Gasteiger partial charge in [-0.25, -0.2) is 0 Å². The summed E-state index contributed by atoms with van der Waals surface area (Å²) in [6, 6.07) is 13.6. The van der Waals surface area contributed by atoms with Gasteiger partial charge in [0.05, 0.1) is 11.3 Å². The molecule has 2 aromatic rings. The number of amides is 2. The van der Waals surface area contributed by atoms with Crippen molar-refractivity contribution >= 4 is 29.1 Å². The third-order valence-electron chi connectivity index (χ3n) is 3.16. The molecular weight excluding hydrogens is 328 g/mol. The number of hydrogen-bond acceptors (Lipinski definition) is 3. The van der Waals surface area contributed by atoms with Crippen LogP contribution in [0.2, 0.25) is 5.02 Å². The molecule has 0 aliphatic rings. The molecule has 0 aliphatic carbocycles. The first-order valence-corrected chi connectivity index (χ1v) is 8.03. The minimum atomic E-state index is -0.347. The molecule has 24 heavy (non-hydrogen) atoms. The molecule has 126 valence electrons. The molecule has 5 nitrogen and oxygen atoms in total. The fraction of sp³-hybridized carbons (Fsp3) is 0.222.